The highest BCUT2D eigenvalue weighted by molar-refractivity contribution is 7.14. The summed E-state index contributed by atoms with van der Waals surface area (Å²) in [6.07, 6.45) is 2.07. The fourth-order valence-corrected chi connectivity index (χ4v) is 4.11. The highest BCUT2D eigenvalue weighted by Crippen LogP contribution is 2.30. The Balaban J connectivity index is 1.41. The molecule has 4 rings (SSSR count). The third kappa shape index (κ3) is 4.81. The lowest BCUT2D eigenvalue weighted by Crippen LogP contribution is -2.50. The maximum absolute atomic E-state index is 11.7. The van der Waals surface area contributed by atoms with E-state index in [0.717, 1.165) is 44.0 Å². The Morgan fingerprint density at radius 2 is 2.14 bits per heavy atom. The summed E-state index contributed by atoms with van der Waals surface area (Å²) in [7, 11) is 0. The number of carboxylic acid groups (broad SMARTS) is 1. The molecule has 0 spiro atoms. The summed E-state index contributed by atoms with van der Waals surface area (Å²) in [4.78, 5) is 29.1. The van der Waals surface area contributed by atoms with Crippen molar-refractivity contribution in [3.8, 4) is 11.3 Å². The van der Waals surface area contributed by atoms with Crippen molar-refractivity contribution >= 4 is 34.0 Å². The Morgan fingerprint density at radius 3 is 2.83 bits per heavy atom. The number of aromatic nitrogens is 1. The number of anilines is 1. The van der Waals surface area contributed by atoms with Gasteiger partial charge >= 0.3 is 6.09 Å². The molecule has 0 unspecified atom stereocenters. The molecule has 0 bridgehead atoms. The van der Waals surface area contributed by atoms with E-state index in [0.29, 0.717) is 11.2 Å². The zero-order valence-electron chi connectivity index (χ0n) is 15.8. The van der Waals surface area contributed by atoms with Gasteiger partial charge in [0.25, 0.3) is 0 Å². The number of ether oxygens (including phenoxy) is 1. The van der Waals surface area contributed by atoms with Gasteiger partial charge in [0.05, 0.1) is 24.9 Å². The fourth-order valence-electron chi connectivity index (χ4n) is 3.37. The largest absolute Gasteiger partial charge is 0.465 e. The van der Waals surface area contributed by atoms with E-state index in [4.69, 9.17) is 9.84 Å². The van der Waals surface area contributed by atoms with Gasteiger partial charge in [-0.2, -0.15) is 0 Å². The number of hydrogen-bond donors (Lipinski definition) is 3. The Kier molecular flexibility index (Phi) is 5.89. The number of amides is 2. The topological polar surface area (TPSA) is 104 Å². The monoisotopic (exact) mass is 414 g/mol. The van der Waals surface area contributed by atoms with Crippen LogP contribution in [0.2, 0.25) is 0 Å². The van der Waals surface area contributed by atoms with Gasteiger partial charge in [-0.15, -0.1) is 11.3 Å². The second kappa shape index (κ2) is 8.73. The second-order valence-electron chi connectivity index (χ2n) is 6.99. The average Bonchev–Trinajstić information content (AvgIpc) is 3.14. The molecule has 1 fully saturated rings. The molecule has 29 heavy (non-hydrogen) atoms. The molecular formula is C20H22N4O4S. The molecule has 3 heterocycles. The molecular weight excluding hydrogens is 392 g/mol. The fraction of sp³-hybridized carbons (Fsp3) is 0.350. The Morgan fingerprint density at radius 1 is 1.31 bits per heavy atom. The zero-order valence-corrected chi connectivity index (χ0v) is 16.6. The summed E-state index contributed by atoms with van der Waals surface area (Å²) in [5, 5.41) is 15.5. The quantitative estimate of drug-likeness (QED) is 0.671. The molecule has 0 atom stereocenters. The molecule has 0 radical (unpaired) electrons. The van der Waals surface area contributed by atoms with E-state index in [2.05, 4.69) is 33.4 Å². The maximum Gasteiger partial charge on any atom is 0.405 e. The summed E-state index contributed by atoms with van der Waals surface area (Å²) in [5.41, 5.74) is 4.30. The Bertz CT molecular complexity index is 938. The van der Waals surface area contributed by atoms with Crippen molar-refractivity contribution in [1.29, 1.82) is 0 Å². The van der Waals surface area contributed by atoms with Crippen molar-refractivity contribution in [3.63, 3.8) is 0 Å². The Labute approximate surface area is 172 Å². The number of nitrogens with zero attached hydrogens (tertiary/aromatic N) is 2. The second-order valence-corrected chi connectivity index (χ2v) is 7.85. The minimum Gasteiger partial charge on any atom is -0.465 e. The van der Waals surface area contributed by atoms with Crippen LogP contribution in [-0.4, -0.2) is 65.9 Å². The van der Waals surface area contributed by atoms with Gasteiger partial charge in [0.15, 0.2) is 5.13 Å². The van der Waals surface area contributed by atoms with Gasteiger partial charge in [-0.05, 0) is 23.6 Å². The van der Waals surface area contributed by atoms with Crippen molar-refractivity contribution < 1.29 is 19.4 Å². The van der Waals surface area contributed by atoms with Crippen molar-refractivity contribution in [2.45, 2.75) is 12.5 Å². The van der Waals surface area contributed by atoms with Crippen molar-refractivity contribution in [2.75, 3.05) is 38.2 Å². The SMILES string of the molecule is O=C(O)NCC(=O)Nc1nc(-c2cccc(C3=CCN(C4COC4)CC3)c2)cs1. The number of nitrogens with one attached hydrogen (secondary N) is 2. The van der Waals surface area contributed by atoms with Crippen LogP contribution in [0.3, 0.4) is 0 Å². The number of thiazole rings is 1. The van der Waals surface area contributed by atoms with Gasteiger partial charge in [0.2, 0.25) is 5.91 Å². The molecule has 0 saturated carbocycles. The Hall–Kier alpha value is -2.75. The number of carbonyl (C=O) groups is 2. The van der Waals surface area contributed by atoms with Crippen LogP contribution in [0.4, 0.5) is 9.93 Å². The first-order valence-electron chi connectivity index (χ1n) is 9.42. The summed E-state index contributed by atoms with van der Waals surface area (Å²) in [6.45, 7) is 3.37. The minimum absolute atomic E-state index is 0.308. The lowest BCUT2D eigenvalue weighted by Gasteiger charge is -2.38. The van der Waals surface area contributed by atoms with Crippen LogP contribution in [0.5, 0.6) is 0 Å². The molecule has 3 N–H and O–H groups in total. The van der Waals surface area contributed by atoms with Crippen LogP contribution >= 0.6 is 11.3 Å². The van der Waals surface area contributed by atoms with Crippen LogP contribution in [0, 0.1) is 0 Å². The standard InChI is InChI=1S/C20H22N4O4S/c25-18(9-21-20(26)27)23-19-22-17(12-29-19)15-3-1-2-14(8-15)13-4-6-24(7-5-13)16-10-28-11-16/h1-4,8,12,16,21H,5-7,9-11H2,(H,26,27)(H,22,23,25). The number of hydrogen-bond acceptors (Lipinski definition) is 6. The first-order valence-corrected chi connectivity index (χ1v) is 10.3. The van der Waals surface area contributed by atoms with Crippen molar-refractivity contribution in [2.24, 2.45) is 0 Å². The summed E-state index contributed by atoms with van der Waals surface area (Å²) < 4.78 is 5.29. The van der Waals surface area contributed by atoms with Crippen LogP contribution in [0.25, 0.3) is 16.8 Å². The van der Waals surface area contributed by atoms with E-state index in [1.54, 1.807) is 0 Å². The van der Waals surface area contributed by atoms with Crippen LogP contribution in [0.1, 0.15) is 12.0 Å². The van der Waals surface area contributed by atoms with Gasteiger partial charge in [-0.1, -0.05) is 24.3 Å². The number of benzene rings is 1. The minimum atomic E-state index is -1.24. The van der Waals surface area contributed by atoms with Crippen molar-refractivity contribution in [1.82, 2.24) is 15.2 Å². The molecule has 9 heteroatoms. The third-order valence-electron chi connectivity index (χ3n) is 5.06. The predicted molar refractivity (Wildman–Crippen MR) is 111 cm³/mol. The van der Waals surface area contributed by atoms with Gasteiger partial charge in [-0.3, -0.25) is 9.69 Å². The number of rotatable bonds is 6. The zero-order chi connectivity index (χ0) is 20.2. The third-order valence-corrected chi connectivity index (χ3v) is 5.81. The van der Waals surface area contributed by atoms with Crippen molar-refractivity contribution in [3.05, 3.63) is 41.3 Å². The van der Waals surface area contributed by atoms with Gasteiger partial charge in [0, 0.05) is 24.0 Å². The molecule has 0 aliphatic carbocycles. The highest BCUT2D eigenvalue weighted by Gasteiger charge is 2.27. The van der Waals surface area contributed by atoms with Gasteiger partial charge < -0.3 is 20.5 Å². The van der Waals surface area contributed by atoms with E-state index in [-0.39, 0.29) is 6.54 Å². The van der Waals surface area contributed by atoms with E-state index in [1.807, 2.05) is 22.8 Å². The van der Waals surface area contributed by atoms with E-state index < -0.39 is 12.0 Å². The molecule has 2 aromatic rings. The summed E-state index contributed by atoms with van der Waals surface area (Å²) >= 11 is 1.31. The average molecular weight is 414 g/mol. The molecule has 8 nitrogen and oxygen atoms in total. The molecule has 1 saturated heterocycles. The highest BCUT2D eigenvalue weighted by atomic mass is 32.1. The first kappa shape index (κ1) is 19.6. The molecule has 2 aliphatic heterocycles. The molecule has 2 amide bonds. The lowest BCUT2D eigenvalue weighted by atomic mass is 9.96. The van der Waals surface area contributed by atoms with Gasteiger partial charge in [0.1, 0.15) is 6.54 Å². The van der Waals surface area contributed by atoms with Gasteiger partial charge in [-0.25, -0.2) is 9.78 Å². The molecule has 1 aromatic carbocycles. The van der Waals surface area contributed by atoms with E-state index in [9.17, 15) is 9.59 Å². The first-order chi connectivity index (χ1) is 14.1. The lowest BCUT2D eigenvalue weighted by molar-refractivity contribution is -0.115. The van der Waals surface area contributed by atoms with Crippen LogP contribution in [-0.2, 0) is 9.53 Å². The molecule has 1 aromatic heterocycles. The smallest absolute Gasteiger partial charge is 0.405 e. The van der Waals surface area contributed by atoms with Crippen LogP contribution in [0.15, 0.2) is 35.7 Å². The normalized spacial score (nSPS) is 17.3. The maximum atomic E-state index is 11.7. The number of carbonyl (C=O) groups excluding carboxylic acids is 1. The van der Waals surface area contributed by atoms with Crippen LogP contribution < -0.4 is 10.6 Å². The summed E-state index contributed by atoms with van der Waals surface area (Å²) in [6, 6.07) is 8.82. The van der Waals surface area contributed by atoms with E-state index in [1.165, 1.54) is 22.5 Å². The van der Waals surface area contributed by atoms with E-state index >= 15 is 0 Å². The predicted octanol–water partition coefficient (Wildman–Crippen LogP) is 2.50. The summed E-state index contributed by atoms with van der Waals surface area (Å²) in [5.74, 6) is -0.448. The molecule has 2 aliphatic rings. The molecule has 152 valence electrons.